The van der Waals surface area contributed by atoms with Crippen LogP contribution in [0.15, 0.2) is 23.3 Å². The third-order valence-electron chi connectivity index (χ3n) is 3.90. The molecular formula is C15H11ClFNO3S. The Morgan fingerprint density at radius 3 is 2.18 bits per heavy atom. The molecule has 1 aliphatic carbocycles. The molecule has 2 amide bonds. The van der Waals surface area contributed by atoms with Gasteiger partial charge in [-0.25, -0.2) is 9.29 Å². The van der Waals surface area contributed by atoms with Crippen molar-refractivity contribution in [3.63, 3.8) is 0 Å². The van der Waals surface area contributed by atoms with Gasteiger partial charge >= 0.3 is 0 Å². The van der Waals surface area contributed by atoms with E-state index in [-0.39, 0.29) is 16.3 Å². The highest BCUT2D eigenvalue weighted by molar-refractivity contribution is 7.97. The van der Waals surface area contributed by atoms with E-state index in [1.165, 1.54) is 0 Å². The van der Waals surface area contributed by atoms with E-state index in [1.54, 1.807) is 0 Å². The zero-order chi connectivity index (χ0) is 16.0. The predicted octanol–water partition coefficient (Wildman–Crippen LogP) is 3.29. The molecule has 0 saturated carbocycles. The van der Waals surface area contributed by atoms with Gasteiger partial charge in [0.15, 0.2) is 0 Å². The Labute approximate surface area is 136 Å². The van der Waals surface area contributed by atoms with Crippen molar-refractivity contribution >= 4 is 46.8 Å². The van der Waals surface area contributed by atoms with Gasteiger partial charge in [0.1, 0.15) is 5.82 Å². The van der Waals surface area contributed by atoms with Gasteiger partial charge in [0.2, 0.25) is 5.12 Å². The Bertz CT molecular complexity index is 731. The summed E-state index contributed by atoms with van der Waals surface area (Å²) in [4.78, 5) is 37.0. The predicted molar refractivity (Wildman–Crippen MR) is 82.7 cm³/mol. The number of nitrogens with zero attached hydrogens (tertiary/aromatic N) is 1. The lowest BCUT2D eigenvalue weighted by molar-refractivity contribution is -0.120. The van der Waals surface area contributed by atoms with Crippen molar-refractivity contribution in [2.24, 2.45) is 0 Å². The molecule has 0 bridgehead atoms. The van der Waals surface area contributed by atoms with Crippen LogP contribution in [0.25, 0.3) is 0 Å². The summed E-state index contributed by atoms with van der Waals surface area (Å²) < 4.78 is 14.2. The molecule has 0 unspecified atom stereocenters. The van der Waals surface area contributed by atoms with Crippen molar-refractivity contribution in [1.29, 1.82) is 0 Å². The molecule has 0 saturated heterocycles. The fraction of sp³-hybridized carbons (Fsp3) is 0.267. The number of benzene rings is 1. The standard InChI is InChI=1S/C15H11ClFNO3S/c16-10-6-11(17)12(5-9(10)15(21)22)18-13(19)7-3-1-2-4-8(7)14(18)20/h5-6H,1-4H2,(H,21,22). The van der Waals surface area contributed by atoms with Crippen molar-refractivity contribution in [3.8, 4) is 0 Å². The molecule has 0 aromatic heterocycles. The molecule has 7 heteroatoms. The molecular weight excluding hydrogens is 329 g/mol. The summed E-state index contributed by atoms with van der Waals surface area (Å²) in [7, 11) is 0. The number of hydrogen-bond acceptors (Lipinski definition) is 3. The van der Waals surface area contributed by atoms with Crippen molar-refractivity contribution in [2.75, 3.05) is 4.90 Å². The van der Waals surface area contributed by atoms with E-state index in [0.29, 0.717) is 24.0 Å². The summed E-state index contributed by atoms with van der Waals surface area (Å²) in [6, 6.07) is 2.01. The van der Waals surface area contributed by atoms with Gasteiger partial charge in [-0.3, -0.25) is 14.4 Å². The van der Waals surface area contributed by atoms with E-state index in [4.69, 9.17) is 11.6 Å². The molecule has 1 heterocycles. The summed E-state index contributed by atoms with van der Waals surface area (Å²) >= 11 is 9.45. The molecule has 0 atom stereocenters. The van der Waals surface area contributed by atoms with Gasteiger partial charge in [0.05, 0.1) is 10.7 Å². The minimum absolute atomic E-state index is 0.0492. The summed E-state index contributed by atoms with van der Waals surface area (Å²) in [5.74, 6) is -1.86. The van der Waals surface area contributed by atoms with E-state index < -0.39 is 22.7 Å². The third-order valence-corrected chi connectivity index (χ3v) is 4.45. The van der Waals surface area contributed by atoms with Crippen molar-refractivity contribution in [3.05, 3.63) is 39.7 Å². The Morgan fingerprint density at radius 1 is 1.14 bits per heavy atom. The van der Waals surface area contributed by atoms with Crippen LogP contribution in [-0.2, 0) is 9.59 Å². The molecule has 1 aromatic rings. The van der Waals surface area contributed by atoms with Crippen molar-refractivity contribution in [2.45, 2.75) is 25.7 Å². The number of thiol groups is 1. The van der Waals surface area contributed by atoms with Gasteiger partial charge in [-0.2, -0.15) is 0 Å². The van der Waals surface area contributed by atoms with Crippen LogP contribution in [0.1, 0.15) is 36.0 Å². The zero-order valence-electron chi connectivity index (χ0n) is 11.4. The van der Waals surface area contributed by atoms with Gasteiger partial charge in [-0.05, 0) is 37.8 Å². The first kappa shape index (κ1) is 15.2. The maximum Gasteiger partial charge on any atom is 0.261 e. The Hall–Kier alpha value is -1.66. The van der Waals surface area contributed by atoms with Gasteiger partial charge in [-0.1, -0.05) is 11.6 Å². The topological polar surface area (TPSA) is 54.5 Å². The van der Waals surface area contributed by atoms with Crippen LogP contribution in [0.4, 0.5) is 10.1 Å². The number of halogens is 2. The first-order chi connectivity index (χ1) is 10.4. The van der Waals surface area contributed by atoms with Crippen LogP contribution >= 0.6 is 24.2 Å². The minimum Gasteiger partial charge on any atom is -0.282 e. The SMILES string of the molecule is O=C(S)c1cc(N2C(=O)C3=C(CCCC3)C2=O)c(F)cc1Cl. The van der Waals surface area contributed by atoms with Crippen molar-refractivity contribution in [1.82, 2.24) is 0 Å². The Kier molecular flexibility index (Phi) is 3.82. The van der Waals surface area contributed by atoms with Crippen LogP contribution in [-0.4, -0.2) is 16.9 Å². The second-order valence-electron chi connectivity index (χ2n) is 5.20. The second kappa shape index (κ2) is 5.52. The smallest absolute Gasteiger partial charge is 0.261 e. The number of carbonyl (C=O) groups excluding carboxylic acids is 3. The molecule has 1 aliphatic heterocycles. The van der Waals surface area contributed by atoms with E-state index in [0.717, 1.165) is 29.9 Å². The molecule has 114 valence electrons. The number of imide groups is 1. The molecule has 1 aromatic carbocycles. The highest BCUT2D eigenvalue weighted by Crippen LogP contribution is 2.37. The first-order valence-electron chi connectivity index (χ1n) is 6.75. The Balaban J connectivity index is 2.09. The maximum absolute atomic E-state index is 14.2. The van der Waals surface area contributed by atoms with Gasteiger partial charge in [-0.15, -0.1) is 12.6 Å². The molecule has 2 aliphatic rings. The lowest BCUT2D eigenvalue weighted by Crippen LogP contribution is -2.32. The lowest BCUT2D eigenvalue weighted by atomic mass is 9.93. The molecule has 0 fully saturated rings. The monoisotopic (exact) mass is 339 g/mol. The quantitative estimate of drug-likeness (QED) is 0.664. The molecule has 0 radical (unpaired) electrons. The lowest BCUT2D eigenvalue weighted by Gasteiger charge is -2.17. The van der Waals surface area contributed by atoms with E-state index in [2.05, 4.69) is 12.6 Å². The number of rotatable bonds is 2. The number of hydrogen-bond donors (Lipinski definition) is 1. The molecule has 0 N–H and O–H groups in total. The summed E-state index contributed by atoms with van der Waals surface area (Å²) in [5.41, 5.74) is 0.590. The number of anilines is 1. The molecule has 22 heavy (non-hydrogen) atoms. The number of carbonyl (C=O) groups is 3. The largest absolute Gasteiger partial charge is 0.282 e. The first-order valence-corrected chi connectivity index (χ1v) is 7.57. The summed E-state index contributed by atoms with van der Waals surface area (Å²) in [6.45, 7) is 0. The summed E-state index contributed by atoms with van der Waals surface area (Å²) in [6.07, 6.45) is 2.69. The fourth-order valence-electron chi connectivity index (χ4n) is 2.83. The average Bonchev–Trinajstić information content (AvgIpc) is 2.72. The zero-order valence-corrected chi connectivity index (χ0v) is 13.0. The van der Waals surface area contributed by atoms with E-state index in [1.807, 2.05) is 0 Å². The fourth-order valence-corrected chi connectivity index (χ4v) is 3.32. The normalized spacial score (nSPS) is 18.0. The van der Waals surface area contributed by atoms with Gasteiger partial charge in [0.25, 0.3) is 11.8 Å². The maximum atomic E-state index is 14.2. The van der Waals surface area contributed by atoms with Gasteiger partial charge < -0.3 is 0 Å². The van der Waals surface area contributed by atoms with Crippen LogP contribution in [0.5, 0.6) is 0 Å². The Morgan fingerprint density at radius 2 is 1.68 bits per heavy atom. The van der Waals surface area contributed by atoms with Crippen molar-refractivity contribution < 1.29 is 18.8 Å². The van der Waals surface area contributed by atoms with Crippen LogP contribution in [0, 0.1) is 5.82 Å². The highest BCUT2D eigenvalue weighted by Gasteiger charge is 2.41. The number of amides is 2. The summed E-state index contributed by atoms with van der Waals surface area (Å²) in [5, 5.41) is -0.777. The molecule has 0 spiro atoms. The van der Waals surface area contributed by atoms with Crippen LogP contribution < -0.4 is 4.90 Å². The van der Waals surface area contributed by atoms with Crippen LogP contribution in [0.3, 0.4) is 0 Å². The average molecular weight is 340 g/mol. The third kappa shape index (κ3) is 2.27. The molecule has 4 nitrogen and oxygen atoms in total. The van der Waals surface area contributed by atoms with E-state index >= 15 is 0 Å². The van der Waals surface area contributed by atoms with Crippen LogP contribution in [0.2, 0.25) is 5.02 Å². The highest BCUT2D eigenvalue weighted by atomic mass is 35.5. The minimum atomic E-state index is -0.829. The van der Waals surface area contributed by atoms with E-state index in [9.17, 15) is 18.8 Å². The second-order valence-corrected chi connectivity index (χ2v) is 6.01. The van der Waals surface area contributed by atoms with Gasteiger partial charge in [0, 0.05) is 16.7 Å². The molecule has 3 rings (SSSR count).